The Morgan fingerprint density at radius 1 is 1.59 bits per heavy atom. The Kier molecular flexibility index (Phi) is 2.81. The Morgan fingerprint density at radius 2 is 2.24 bits per heavy atom. The van der Waals surface area contributed by atoms with Crippen molar-refractivity contribution in [3.63, 3.8) is 0 Å². The number of fused-ring (bicyclic) bond motifs is 1. The summed E-state index contributed by atoms with van der Waals surface area (Å²) in [5, 5.41) is 9.31. The first-order valence-electron chi connectivity index (χ1n) is 4.82. The predicted octanol–water partition coefficient (Wildman–Crippen LogP) is 2.94. The summed E-state index contributed by atoms with van der Waals surface area (Å²) >= 11 is 5.97. The molecule has 1 aromatic heterocycles. The molecule has 1 atom stereocenters. The fourth-order valence-electron chi connectivity index (χ4n) is 1.61. The highest BCUT2D eigenvalue weighted by atomic mass is 35.5. The van der Waals surface area contributed by atoms with Gasteiger partial charge in [0, 0.05) is 5.39 Å². The minimum atomic E-state index is -1.28. The quantitative estimate of drug-likeness (QED) is 0.867. The van der Waals surface area contributed by atoms with Crippen LogP contribution in [0.1, 0.15) is 29.1 Å². The van der Waals surface area contributed by atoms with Crippen LogP contribution < -0.4 is 5.73 Å². The third kappa shape index (κ3) is 1.87. The van der Waals surface area contributed by atoms with Crippen molar-refractivity contribution >= 4 is 28.5 Å². The zero-order valence-electron chi connectivity index (χ0n) is 8.83. The number of carboxylic acid groups (broad SMARTS) is 1. The van der Waals surface area contributed by atoms with Crippen molar-refractivity contribution in [2.45, 2.75) is 13.0 Å². The van der Waals surface area contributed by atoms with Crippen LogP contribution in [-0.2, 0) is 0 Å². The van der Waals surface area contributed by atoms with Gasteiger partial charge in [0.2, 0.25) is 0 Å². The SMILES string of the molecule is C[C@H](N)c1oc2c(C(=O)O)cc(F)cc2c1Cl. The molecule has 0 aliphatic heterocycles. The molecule has 6 heteroatoms. The van der Waals surface area contributed by atoms with Gasteiger partial charge in [-0.1, -0.05) is 11.6 Å². The first-order valence-corrected chi connectivity index (χ1v) is 5.20. The summed E-state index contributed by atoms with van der Waals surface area (Å²) in [6.07, 6.45) is 0. The van der Waals surface area contributed by atoms with Gasteiger partial charge in [-0.2, -0.15) is 0 Å². The molecule has 0 radical (unpaired) electrons. The molecule has 0 saturated heterocycles. The lowest BCUT2D eigenvalue weighted by Crippen LogP contribution is -2.03. The number of halogens is 2. The molecular weight excluding hydrogens is 249 g/mol. The van der Waals surface area contributed by atoms with Crippen molar-refractivity contribution in [3.05, 3.63) is 34.3 Å². The Morgan fingerprint density at radius 3 is 2.76 bits per heavy atom. The van der Waals surface area contributed by atoms with Gasteiger partial charge >= 0.3 is 5.97 Å². The van der Waals surface area contributed by atoms with Crippen molar-refractivity contribution in [1.82, 2.24) is 0 Å². The normalized spacial score (nSPS) is 12.9. The standard InChI is InChI=1S/C11H9ClFNO3/c1-4(14)9-8(12)6-2-5(13)3-7(11(15)16)10(6)17-9/h2-4H,14H2,1H3,(H,15,16)/t4-/m0/s1. The van der Waals surface area contributed by atoms with E-state index in [9.17, 15) is 9.18 Å². The molecule has 0 bridgehead atoms. The number of furan rings is 1. The molecule has 0 amide bonds. The van der Waals surface area contributed by atoms with E-state index in [1.807, 2.05) is 0 Å². The minimum Gasteiger partial charge on any atom is -0.478 e. The van der Waals surface area contributed by atoms with Crippen LogP contribution in [0.15, 0.2) is 16.5 Å². The molecule has 0 fully saturated rings. The summed E-state index contributed by atoms with van der Waals surface area (Å²) in [4.78, 5) is 11.0. The number of hydrogen-bond acceptors (Lipinski definition) is 3. The fraction of sp³-hybridized carbons (Fsp3) is 0.182. The highest BCUT2D eigenvalue weighted by Crippen LogP contribution is 2.35. The van der Waals surface area contributed by atoms with Crippen LogP contribution in [-0.4, -0.2) is 11.1 Å². The second kappa shape index (κ2) is 4.01. The molecule has 0 unspecified atom stereocenters. The molecule has 0 saturated carbocycles. The average Bonchev–Trinajstić information content (AvgIpc) is 2.55. The van der Waals surface area contributed by atoms with Gasteiger partial charge in [-0.3, -0.25) is 0 Å². The Labute approximate surface area is 101 Å². The van der Waals surface area contributed by atoms with E-state index in [2.05, 4.69) is 0 Å². The minimum absolute atomic E-state index is 0.0381. The van der Waals surface area contributed by atoms with E-state index in [-0.39, 0.29) is 27.3 Å². The first-order chi connectivity index (χ1) is 7.91. The smallest absolute Gasteiger partial charge is 0.339 e. The van der Waals surface area contributed by atoms with Gasteiger partial charge in [-0.25, -0.2) is 9.18 Å². The molecule has 2 aromatic rings. The van der Waals surface area contributed by atoms with Crippen LogP contribution in [0.3, 0.4) is 0 Å². The largest absolute Gasteiger partial charge is 0.478 e. The van der Waals surface area contributed by atoms with Crippen LogP contribution in [0.25, 0.3) is 11.0 Å². The third-order valence-electron chi connectivity index (χ3n) is 2.36. The van der Waals surface area contributed by atoms with Crippen molar-refractivity contribution < 1.29 is 18.7 Å². The number of nitrogens with two attached hydrogens (primary N) is 1. The Balaban J connectivity index is 2.86. The molecule has 1 heterocycles. The second-order valence-corrected chi connectivity index (χ2v) is 4.08. The highest BCUT2D eigenvalue weighted by molar-refractivity contribution is 6.36. The number of aromatic carboxylic acids is 1. The van der Waals surface area contributed by atoms with E-state index >= 15 is 0 Å². The number of hydrogen-bond donors (Lipinski definition) is 2. The van der Waals surface area contributed by atoms with Gasteiger partial charge in [-0.05, 0) is 19.1 Å². The van der Waals surface area contributed by atoms with Crippen molar-refractivity contribution in [2.75, 3.05) is 0 Å². The fourth-order valence-corrected chi connectivity index (χ4v) is 1.96. The van der Waals surface area contributed by atoms with Crippen LogP contribution >= 0.6 is 11.6 Å². The Bertz CT molecular complexity index is 606. The van der Waals surface area contributed by atoms with E-state index < -0.39 is 17.8 Å². The molecule has 17 heavy (non-hydrogen) atoms. The number of rotatable bonds is 2. The average molecular weight is 258 g/mol. The van der Waals surface area contributed by atoms with E-state index in [1.165, 1.54) is 0 Å². The summed E-state index contributed by atoms with van der Waals surface area (Å²) < 4.78 is 18.6. The topological polar surface area (TPSA) is 76.5 Å². The summed E-state index contributed by atoms with van der Waals surface area (Å²) in [5.41, 5.74) is 5.39. The van der Waals surface area contributed by atoms with Gasteiger partial charge in [0.1, 0.15) is 17.1 Å². The van der Waals surface area contributed by atoms with Gasteiger partial charge in [0.05, 0.1) is 11.1 Å². The Hall–Kier alpha value is -1.59. The second-order valence-electron chi connectivity index (χ2n) is 3.70. The number of benzene rings is 1. The summed E-state index contributed by atoms with van der Waals surface area (Å²) in [6, 6.07) is 1.51. The zero-order valence-corrected chi connectivity index (χ0v) is 9.58. The lowest BCUT2D eigenvalue weighted by Gasteiger charge is -1.99. The first kappa shape index (κ1) is 11.9. The van der Waals surface area contributed by atoms with Crippen molar-refractivity contribution in [3.8, 4) is 0 Å². The molecule has 3 N–H and O–H groups in total. The summed E-state index contributed by atoms with van der Waals surface area (Å²) in [7, 11) is 0. The van der Waals surface area contributed by atoms with Crippen LogP contribution in [0.4, 0.5) is 4.39 Å². The van der Waals surface area contributed by atoms with E-state index in [0.717, 1.165) is 12.1 Å². The van der Waals surface area contributed by atoms with Gasteiger partial charge < -0.3 is 15.3 Å². The zero-order chi connectivity index (χ0) is 12.7. The molecule has 0 aliphatic carbocycles. The summed E-state index contributed by atoms with van der Waals surface area (Å²) in [5.74, 6) is -1.72. The molecule has 90 valence electrons. The van der Waals surface area contributed by atoms with Crippen LogP contribution in [0.5, 0.6) is 0 Å². The van der Waals surface area contributed by atoms with Crippen LogP contribution in [0.2, 0.25) is 5.02 Å². The van der Waals surface area contributed by atoms with Gasteiger partial charge in [-0.15, -0.1) is 0 Å². The summed E-state index contributed by atoms with van der Waals surface area (Å²) in [6.45, 7) is 1.64. The molecular formula is C11H9ClFNO3. The van der Waals surface area contributed by atoms with Crippen molar-refractivity contribution in [1.29, 1.82) is 0 Å². The highest BCUT2D eigenvalue weighted by Gasteiger charge is 2.21. The molecule has 0 spiro atoms. The van der Waals surface area contributed by atoms with Gasteiger partial charge in [0.25, 0.3) is 0 Å². The van der Waals surface area contributed by atoms with E-state index in [0.29, 0.717) is 0 Å². The lowest BCUT2D eigenvalue weighted by molar-refractivity contribution is 0.0697. The van der Waals surface area contributed by atoms with Crippen molar-refractivity contribution in [2.24, 2.45) is 5.73 Å². The predicted molar refractivity (Wildman–Crippen MR) is 60.7 cm³/mol. The van der Waals surface area contributed by atoms with Gasteiger partial charge in [0.15, 0.2) is 5.58 Å². The number of carbonyl (C=O) groups is 1. The lowest BCUT2D eigenvalue weighted by atomic mass is 10.1. The van der Waals surface area contributed by atoms with E-state index in [1.54, 1.807) is 6.92 Å². The van der Waals surface area contributed by atoms with E-state index in [4.69, 9.17) is 26.9 Å². The third-order valence-corrected chi connectivity index (χ3v) is 2.75. The maximum Gasteiger partial charge on any atom is 0.339 e. The maximum atomic E-state index is 13.3. The molecule has 1 aromatic carbocycles. The molecule has 2 rings (SSSR count). The maximum absolute atomic E-state index is 13.3. The number of carboxylic acids is 1. The molecule has 4 nitrogen and oxygen atoms in total. The monoisotopic (exact) mass is 257 g/mol. The molecule has 0 aliphatic rings. The van der Waals surface area contributed by atoms with Crippen LogP contribution in [0, 0.1) is 5.82 Å².